The van der Waals surface area contributed by atoms with Crippen molar-refractivity contribution < 1.29 is 14.7 Å². The molecule has 8 heteroatoms. The van der Waals surface area contributed by atoms with Gasteiger partial charge in [-0.15, -0.1) is 0 Å². The van der Waals surface area contributed by atoms with Crippen molar-refractivity contribution in [2.75, 3.05) is 18.8 Å². The van der Waals surface area contributed by atoms with E-state index in [4.69, 9.17) is 5.53 Å². The van der Waals surface area contributed by atoms with E-state index in [-0.39, 0.29) is 17.6 Å². The average molecular weight is 274 g/mol. The number of nitrogens with one attached hydrogen (secondary N) is 1. The number of azide groups is 1. The van der Waals surface area contributed by atoms with Gasteiger partial charge in [0.2, 0.25) is 5.91 Å². The van der Waals surface area contributed by atoms with Gasteiger partial charge in [-0.05, 0) is 5.53 Å². The molecule has 102 valence electrons. The summed E-state index contributed by atoms with van der Waals surface area (Å²) in [7, 11) is 0. The van der Waals surface area contributed by atoms with Crippen molar-refractivity contribution in [3.05, 3.63) is 10.4 Å². The predicted octanol–water partition coefficient (Wildman–Crippen LogP) is 1.08. The molecule has 0 heterocycles. The van der Waals surface area contributed by atoms with E-state index in [1.54, 1.807) is 13.8 Å². The number of aliphatic hydroxyl groups is 1. The Labute approximate surface area is 110 Å². The largest absolute Gasteiger partial charge is 0.392 e. The van der Waals surface area contributed by atoms with Gasteiger partial charge in [0, 0.05) is 23.6 Å². The van der Waals surface area contributed by atoms with Crippen LogP contribution in [0.2, 0.25) is 0 Å². The van der Waals surface area contributed by atoms with E-state index in [0.717, 1.165) is 11.8 Å². The van der Waals surface area contributed by atoms with Gasteiger partial charge in [0.15, 0.2) is 5.12 Å². The Kier molecular flexibility index (Phi) is 9.08. The van der Waals surface area contributed by atoms with Gasteiger partial charge in [-0.25, -0.2) is 0 Å². The molecule has 0 rings (SSSR count). The highest BCUT2D eigenvalue weighted by atomic mass is 32.2. The number of carbonyl (C=O) groups excluding carboxylic acids is 2. The van der Waals surface area contributed by atoms with Gasteiger partial charge >= 0.3 is 0 Å². The van der Waals surface area contributed by atoms with Crippen LogP contribution in [0, 0.1) is 5.92 Å². The lowest BCUT2D eigenvalue weighted by Gasteiger charge is -2.14. The van der Waals surface area contributed by atoms with Crippen molar-refractivity contribution in [2.45, 2.75) is 26.4 Å². The van der Waals surface area contributed by atoms with E-state index in [9.17, 15) is 14.7 Å². The zero-order valence-electron chi connectivity index (χ0n) is 10.5. The van der Waals surface area contributed by atoms with Crippen molar-refractivity contribution in [3.63, 3.8) is 0 Å². The molecule has 0 aromatic rings. The molecule has 18 heavy (non-hydrogen) atoms. The number of hydrogen-bond donors (Lipinski definition) is 2. The third kappa shape index (κ3) is 7.16. The van der Waals surface area contributed by atoms with Crippen molar-refractivity contribution >= 4 is 22.8 Å². The predicted molar refractivity (Wildman–Crippen MR) is 69.9 cm³/mol. The molecule has 0 aromatic heterocycles. The molecule has 0 unspecified atom stereocenters. The number of hydrogen-bond acceptors (Lipinski definition) is 5. The molecular weight excluding hydrogens is 256 g/mol. The van der Waals surface area contributed by atoms with Gasteiger partial charge in [-0.1, -0.05) is 30.7 Å². The quantitative estimate of drug-likeness (QED) is 0.298. The molecule has 0 aliphatic rings. The first kappa shape index (κ1) is 16.8. The van der Waals surface area contributed by atoms with Crippen LogP contribution in [0.3, 0.4) is 0 Å². The van der Waals surface area contributed by atoms with Crippen molar-refractivity contribution in [1.29, 1.82) is 0 Å². The van der Waals surface area contributed by atoms with Gasteiger partial charge in [-0.2, -0.15) is 0 Å². The lowest BCUT2D eigenvalue weighted by atomic mass is 10.1. The van der Waals surface area contributed by atoms with E-state index >= 15 is 0 Å². The number of amides is 1. The molecule has 0 spiro atoms. The lowest BCUT2D eigenvalue weighted by molar-refractivity contribution is -0.120. The van der Waals surface area contributed by atoms with Crippen molar-refractivity contribution in [2.24, 2.45) is 11.0 Å². The Morgan fingerprint density at radius 1 is 1.56 bits per heavy atom. The van der Waals surface area contributed by atoms with Crippen LogP contribution in [-0.4, -0.2) is 41.1 Å². The second-order valence-electron chi connectivity index (χ2n) is 3.64. The average Bonchev–Trinajstić information content (AvgIpc) is 2.39. The highest BCUT2D eigenvalue weighted by Crippen LogP contribution is 2.14. The standard InChI is InChI=1S/C10H18N4O3S/c1-3-9(16)12-4-5-18-10(17)7(2)8(15)6-13-14-11/h7-8,15H,3-6H2,1-2H3,(H,12,16)/t7-,8-/m1/s1. The minimum Gasteiger partial charge on any atom is -0.392 e. The molecule has 1 amide bonds. The maximum atomic E-state index is 11.6. The van der Waals surface area contributed by atoms with E-state index in [0.29, 0.717) is 18.7 Å². The van der Waals surface area contributed by atoms with Crippen LogP contribution < -0.4 is 5.32 Å². The summed E-state index contributed by atoms with van der Waals surface area (Å²) in [5.41, 5.74) is 8.10. The van der Waals surface area contributed by atoms with E-state index in [2.05, 4.69) is 15.3 Å². The van der Waals surface area contributed by atoms with Gasteiger partial charge < -0.3 is 10.4 Å². The molecule has 0 fully saturated rings. The van der Waals surface area contributed by atoms with Crippen LogP contribution in [0.4, 0.5) is 0 Å². The summed E-state index contributed by atoms with van der Waals surface area (Å²) in [6.45, 7) is 3.64. The van der Waals surface area contributed by atoms with Crippen LogP contribution in [0.15, 0.2) is 5.11 Å². The molecular formula is C10H18N4O3S. The molecule has 0 saturated heterocycles. The zero-order valence-corrected chi connectivity index (χ0v) is 11.3. The fourth-order valence-electron chi connectivity index (χ4n) is 1.03. The third-order valence-electron chi connectivity index (χ3n) is 2.27. The molecule has 7 nitrogen and oxygen atoms in total. The normalized spacial score (nSPS) is 13.3. The van der Waals surface area contributed by atoms with Crippen LogP contribution in [0.25, 0.3) is 10.4 Å². The second-order valence-corrected chi connectivity index (χ2v) is 4.74. The van der Waals surface area contributed by atoms with Gasteiger partial charge in [0.25, 0.3) is 0 Å². The Balaban J connectivity index is 3.87. The molecule has 0 bridgehead atoms. The minimum atomic E-state index is -0.967. The van der Waals surface area contributed by atoms with Crippen molar-refractivity contribution in [1.82, 2.24) is 5.32 Å². The summed E-state index contributed by atoms with van der Waals surface area (Å²) in [5.74, 6) is -0.190. The first-order valence-corrected chi connectivity index (χ1v) is 6.63. The molecule has 0 aliphatic heterocycles. The van der Waals surface area contributed by atoms with E-state index < -0.39 is 12.0 Å². The fourth-order valence-corrected chi connectivity index (χ4v) is 1.86. The summed E-state index contributed by atoms with van der Waals surface area (Å²) in [4.78, 5) is 25.1. The molecule has 0 radical (unpaired) electrons. The Morgan fingerprint density at radius 2 is 2.22 bits per heavy atom. The lowest BCUT2D eigenvalue weighted by Crippen LogP contribution is -2.28. The topological polar surface area (TPSA) is 115 Å². The van der Waals surface area contributed by atoms with Gasteiger partial charge in [-0.3, -0.25) is 9.59 Å². The monoisotopic (exact) mass is 274 g/mol. The minimum absolute atomic E-state index is 0.0560. The van der Waals surface area contributed by atoms with E-state index in [1.807, 2.05) is 0 Å². The Morgan fingerprint density at radius 3 is 2.78 bits per heavy atom. The van der Waals surface area contributed by atoms with Gasteiger partial charge in [0.05, 0.1) is 18.6 Å². The number of aliphatic hydroxyl groups excluding tert-OH is 1. The molecule has 2 N–H and O–H groups in total. The first-order valence-electron chi connectivity index (χ1n) is 5.65. The SMILES string of the molecule is CCC(=O)NCCSC(=O)[C@H](C)[C@H](O)CN=[N+]=[N-]. The maximum absolute atomic E-state index is 11.6. The maximum Gasteiger partial charge on any atom is 0.219 e. The first-order chi connectivity index (χ1) is 8.52. The van der Waals surface area contributed by atoms with Crippen LogP contribution in [0.1, 0.15) is 20.3 Å². The molecule has 0 aliphatic carbocycles. The van der Waals surface area contributed by atoms with Crippen molar-refractivity contribution in [3.8, 4) is 0 Å². The number of nitrogens with zero attached hydrogens (tertiary/aromatic N) is 3. The summed E-state index contributed by atoms with van der Waals surface area (Å²) in [6, 6.07) is 0. The zero-order chi connectivity index (χ0) is 14.0. The Bertz CT molecular complexity index is 331. The third-order valence-corrected chi connectivity index (χ3v) is 3.34. The number of rotatable bonds is 8. The summed E-state index contributed by atoms with van der Waals surface area (Å²) >= 11 is 1.05. The Hall–Kier alpha value is -1.24. The smallest absolute Gasteiger partial charge is 0.219 e. The second kappa shape index (κ2) is 9.76. The number of thioether (sulfide) groups is 1. The summed E-state index contributed by atoms with van der Waals surface area (Å²) in [5, 5.41) is 15.2. The highest BCUT2D eigenvalue weighted by molar-refractivity contribution is 8.13. The fraction of sp³-hybridized carbons (Fsp3) is 0.800. The van der Waals surface area contributed by atoms with E-state index in [1.165, 1.54) is 0 Å². The van der Waals surface area contributed by atoms with Crippen LogP contribution in [0.5, 0.6) is 0 Å². The van der Waals surface area contributed by atoms with Crippen LogP contribution in [-0.2, 0) is 9.59 Å². The summed E-state index contributed by atoms with van der Waals surface area (Å²) in [6.07, 6.45) is -0.550. The molecule has 0 saturated carbocycles. The van der Waals surface area contributed by atoms with Gasteiger partial charge in [0.1, 0.15) is 0 Å². The van der Waals surface area contributed by atoms with Crippen LogP contribution >= 0.6 is 11.8 Å². The number of carbonyl (C=O) groups is 2. The molecule has 0 aromatic carbocycles. The summed E-state index contributed by atoms with van der Waals surface area (Å²) < 4.78 is 0. The highest BCUT2D eigenvalue weighted by Gasteiger charge is 2.21. The molecule has 2 atom stereocenters.